The Morgan fingerprint density at radius 1 is 1.04 bits per heavy atom. The molecule has 0 atom stereocenters. The van der Waals surface area contributed by atoms with Gasteiger partial charge in [-0.05, 0) is 18.6 Å². The molecule has 0 spiro atoms. The standard InChI is InChI=1S/C17H18N6O3S/c24-17(15-10-19-13-4-1-2-5-14(13)21-15)22-6-3-7-23(9-8-22)27(25,26)16-11-18-12-20-16/h1-2,4-5,10-12H,3,6-9H2,(H,18,20). The maximum absolute atomic E-state index is 12.8. The van der Waals surface area contributed by atoms with Crippen molar-refractivity contribution in [1.29, 1.82) is 0 Å². The summed E-state index contributed by atoms with van der Waals surface area (Å²) in [6, 6.07) is 7.35. The highest BCUT2D eigenvalue weighted by atomic mass is 32.2. The first-order valence-electron chi connectivity index (χ1n) is 8.55. The number of aromatic nitrogens is 4. The predicted molar refractivity (Wildman–Crippen MR) is 97.4 cm³/mol. The van der Waals surface area contributed by atoms with Crippen LogP contribution >= 0.6 is 0 Å². The van der Waals surface area contributed by atoms with Gasteiger partial charge in [0.2, 0.25) is 0 Å². The summed E-state index contributed by atoms with van der Waals surface area (Å²) >= 11 is 0. The van der Waals surface area contributed by atoms with Crippen LogP contribution in [0.1, 0.15) is 16.9 Å². The number of sulfonamides is 1. The summed E-state index contributed by atoms with van der Waals surface area (Å²) in [6.07, 6.45) is 4.63. The topological polar surface area (TPSA) is 112 Å². The van der Waals surface area contributed by atoms with Crippen molar-refractivity contribution in [2.45, 2.75) is 11.4 Å². The first-order chi connectivity index (χ1) is 13.1. The van der Waals surface area contributed by atoms with Gasteiger partial charge in [-0.1, -0.05) is 12.1 Å². The number of hydrogen-bond donors (Lipinski definition) is 1. The van der Waals surface area contributed by atoms with E-state index >= 15 is 0 Å². The molecular weight excluding hydrogens is 368 g/mol. The van der Waals surface area contributed by atoms with Gasteiger partial charge >= 0.3 is 0 Å². The van der Waals surface area contributed by atoms with Gasteiger partial charge in [-0.2, -0.15) is 4.31 Å². The van der Waals surface area contributed by atoms with E-state index in [1.807, 2.05) is 18.2 Å². The Hall–Kier alpha value is -2.85. The third-order valence-electron chi connectivity index (χ3n) is 4.50. The average molecular weight is 386 g/mol. The van der Waals surface area contributed by atoms with E-state index in [0.717, 1.165) is 5.52 Å². The minimum atomic E-state index is -3.64. The molecule has 4 rings (SSSR count). The van der Waals surface area contributed by atoms with E-state index in [-0.39, 0.29) is 23.2 Å². The van der Waals surface area contributed by atoms with E-state index in [4.69, 9.17) is 0 Å². The van der Waals surface area contributed by atoms with E-state index in [1.54, 1.807) is 11.0 Å². The molecule has 1 amide bonds. The number of hydrogen-bond acceptors (Lipinski definition) is 6. The first-order valence-corrected chi connectivity index (χ1v) is 9.99. The van der Waals surface area contributed by atoms with Gasteiger partial charge in [0.15, 0.2) is 5.03 Å². The number of rotatable bonds is 3. The number of aromatic amines is 1. The second-order valence-electron chi connectivity index (χ2n) is 6.21. The largest absolute Gasteiger partial charge is 0.336 e. The Kier molecular flexibility index (Phi) is 4.58. The van der Waals surface area contributed by atoms with Gasteiger partial charge in [0.1, 0.15) is 5.69 Å². The highest BCUT2D eigenvalue weighted by Crippen LogP contribution is 2.16. The molecule has 0 aliphatic carbocycles. The number of carbonyl (C=O) groups is 1. The van der Waals surface area contributed by atoms with Crippen LogP contribution in [0.4, 0.5) is 0 Å². The Labute approximate surface area is 156 Å². The van der Waals surface area contributed by atoms with Crippen LogP contribution in [0.2, 0.25) is 0 Å². The summed E-state index contributed by atoms with van der Waals surface area (Å²) in [5.41, 5.74) is 1.64. The molecule has 1 aliphatic heterocycles. The maximum atomic E-state index is 12.8. The van der Waals surface area contributed by atoms with Crippen LogP contribution in [-0.2, 0) is 10.0 Å². The average Bonchev–Trinajstić information content (AvgIpc) is 3.12. The molecule has 3 heterocycles. The number of nitrogens with one attached hydrogen (secondary N) is 1. The first kappa shape index (κ1) is 17.6. The van der Waals surface area contributed by atoms with Gasteiger partial charge in [0.05, 0.1) is 29.8 Å². The summed E-state index contributed by atoms with van der Waals surface area (Å²) in [5, 5.41) is 0.0580. The highest BCUT2D eigenvalue weighted by Gasteiger charge is 2.29. The number of H-pyrrole nitrogens is 1. The lowest BCUT2D eigenvalue weighted by atomic mass is 10.2. The lowest BCUT2D eigenvalue weighted by Gasteiger charge is -2.21. The molecule has 1 aliphatic rings. The lowest BCUT2D eigenvalue weighted by Crippen LogP contribution is -2.37. The Bertz CT molecular complexity index is 1070. The number of amides is 1. The Balaban J connectivity index is 1.51. The zero-order valence-electron chi connectivity index (χ0n) is 14.4. The minimum Gasteiger partial charge on any atom is -0.336 e. The van der Waals surface area contributed by atoms with Crippen molar-refractivity contribution in [3.63, 3.8) is 0 Å². The molecule has 0 radical (unpaired) electrons. The predicted octanol–water partition coefficient (Wildman–Crippen LogP) is 0.890. The lowest BCUT2D eigenvalue weighted by molar-refractivity contribution is 0.0758. The second kappa shape index (κ2) is 7.05. The SMILES string of the molecule is O=C(c1cnc2ccccc2n1)N1CCCN(S(=O)(=O)c2cnc[nH]2)CC1. The normalized spacial score (nSPS) is 16.4. The molecule has 0 unspecified atom stereocenters. The van der Waals surface area contributed by atoms with Crippen molar-refractivity contribution >= 4 is 27.0 Å². The van der Waals surface area contributed by atoms with Crippen LogP contribution in [0.15, 0.2) is 48.0 Å². The second-order valence-corrected chi connectivity index (χ2v) is 8.12. The number of fused-ring (bicyclic) bond motifs is 1. The van der Waals surface area contributed by atoms with Gasteiger partial charge in [-0.3, -0.25) is 9.78 Å². The van der Waals surface area contributed by atoms with Gasteiger partial charge in [-0.15, -0.1) is 0 Å². The van der Waals surface area contributed by atoms with Gasteiger partial charge in [-0.25, -0.2) is 18.4 Å². The van der Waals surface area contributed by atoms with Crippen LogP contribution in [0.5, 0.6) is 0 Å². The maximum Gasteiger partial charge on any atom is 0.274 e. The van der Waals surface area contributed by atoms with Crippen molar-refractivity contribution in [1.82, 2.24) is 29.1 Å². The molecule has 2 aromatic heterocycles. The minimum absolute atomic E-state index is 0.0580. The molecule has 27 heavy (non-hydrogen) atoms. The molecule has 9 nitrogen and oxygen atoms in total. The molecule has 0 bridgehead atoms. The molecule has 140 valence electrons. The van der Waals surface area contributed by atoms with Crippen LogP contribution in [0.3, 0.4) is 0 Å². The van der Waals surface area contributed by atoms with Crippen molar-refractivity contribution in [2.75, 3.05) is 26.2 Å². The molecule has 1 N–H and O–H groups in total. The van der Waals surface area contributed by atoms with Crippen LogP contribution in [0, 0.1) is 0 Å². The van der Waals surface area contributed by atoms with Gasteiger partial charge < -0.3 is 9.88 Å². The fourth-order valence-electron chi connectivity index (χ4n) is 3.08. The smallest absolute Gasteiger partial charge is 0.274 e. The molecule has 1 aromatic carbocycles. The van der Waals surface area contributed by atoms with E-state index < -0.39 is 10.0 Å². The van der Waals surface area contributed by atoms with E-state index in [1.165, 1.54) is 23.0 Å². The molecule has 1 fully saturated rings. The number of para-hydroxylation sites is 2. The number of nitrogens with zero attached hydrogens (tertiary/aromatic N) is 5. The van der Waals surface area contributed by atoms with Gasteiger partial charge in [0, 0.05) is 26.2 Å². The van der Waals surface area contributed by atoms with Crippen molar-refractivity contribution in [3.05, 3.63) is 48.7 Å². The quantitative estimate of drug-likeness (QED) is 0.715. The zero-order chi connectivity index (χ0) is 18.9. The fourth-order valence-corrected chi connectivity index (χ4v) is 4.45. The summed E-state index contributed by atoms with van der Waals surface area (Å²) in [5.74, 6) is -0.242. The summed E-state index contributed by atoms with van der Waals surface area (Å²) in [7, 11) is -3.64. The third-order valence-corrected chi connectivity index (χ3v) is 6.32. The number of carbonyl (C=O) groups excluding carboxylic acids is 1. The Morgan fingerprint density at radius 3 is 2.63 bits per heavy atom. The van der Waals surface area contributed by atoms with Crippen molar-refractivity contribution < 1.29 is 13.2 Å². The van der Waals surface area contributed by atoms with Gasteiger partial charge in [0.25, 0.3) is 15.9 Å². The number of benzene rings is 1. The van der Waals surface area contributed by atoms with Crippen LogP contribution in [0.25, 0.3) is 11.0 Å². The summed E-state index contributed by atoms with van der Waals surface area (Å²) in [4.78, 5) is 29.5. The third kappa shape index (κ3) is 3.40. The zero-order valence-corrected chi connectivity index (χ0v) is 15.3. The fraction of sp³-hybridized carbons (Fsp3) is 0.294. The van der Waals surface area contributed by atoms with E-state index in [2.05, 4.69) is 19.9 Å². The molecular formula is C17H18N6O3S. The summed E-state index contributed by atoms with van der Waals surface area (Å²) in [6.45, 7) is 1.31. The summed E-state index contributed by atoms with van der Waals surface area (Å²) < 4.78 is 26.6. The molecule has 1 saturated heterocycles. The van der Waals surface area contributed by atoms with E-state index in [9.17, 15) is 13.2 Å². The van der Waals surface area contributed by atoms with Crippen molar-refractivity contribution in [3.8, 4) is 0 Å². The Morgan fingerprint density at radius 2 is 1.85 bits per heavy atom. The van der Waals surface area contributed by atoms with Crippen LogP contribution < -0.4 is 0 Å². The monoisotopic (exact) mass is 386 g/mol. The van der Waals surface area contributed by atoms with E-state index in [0.29, 0.717) is 31.6 Å². The molecule has 10 heteroatoms. The molecule has 0 saturated carbocycles. The number of imidazole rings is 1. The molecule has 3 aromatic rings. The van der Waals surface area contributed by atoms with Crippen LogP contribution in [-0.4, -0.2) is 69.6 Å². The van der Waals surface area contributed by atoms with Crippen molar-refractivity contribution in [2.24, 2.45) is 0 Å². The highest BCUT2D eigenvalue weighted by molar-refractivity contribution is 7.89.